The Balaban J connectivity index is 0.00000112. The van der Waals surface area contributed by atoms with Gasteiger partial charge in [0.25, 0.3) is 0 Å². The van der Waals surface area contributed by atoms with Crippen LogP contribution in [0, 0.1) is 0 Å². The van der Waals surface area contributed by atoms with Gasteiger partial charge < -0.3 is 4.90 Å². The average Bonchev–Trinajstić information content (AvgIpc) is 2.23. The van der Waals surface area contributed by atoms with E-state index in [2.05, 4.69) is 60.4 Å². The van der Waals surface area contributed by atoms with E-state index in [0.717, 1.165) is 13.1 Å². The van der Waals surface area contributed by atoms with E-state index in [-0.39, 0.29) is 12.4 Å². The number of nitrogens with zero attached hydrogens (tertiary/aromatic N) is 1. The van der Waals surface area contributed by atoms with Crippen molar-refractivity contribution in [1.82, 2.24) is 4.90 Å². The highest BCUT2D eigenvalue weighted by atomic mass is 35.5. The van der Waals surface area contributed by atoms with E-state index in [0.29, 0.717) is 0 Å². The molecule has 0 atom stereocenters. The van der Waals surface area contributed by atoms with Crippen LogP contribution in [0.25, 0.3) is 0 Å². The summed E-state index contributed by atoms with van der Waals surface area (Å²) >= 11 is 0. The van der Waals surface area contributed by atoms with Crippen LogP contribution in [0.2, 0.25) is 0 Å². The fraction of sp³-hybridized carbons (Fsp3) is 0.231. The molecule has 0 saturated heterocycles. The molecule has 0 fully saturated rings. The molecule has 0 saturated carbocycles. The molecule has 1 aromatic rings. The van der Waals surface area contributed by atoms with Crippen molar-refractivity contribution < 1.29 is 0 Å². The molecule has 0 amide bonds. The van der Waals surface area contributed by atoms with Crippen LogP contribution in [-0.4, -0.2) is 11.4 Å². The van der Waals surface area contributed by atoms with E-state index in [1.165, 1.54) is 11.3 Å². The Morgan fingerprint density at radius 1 is 1.20 bits per heavy atom. The summed E-state index contributed by atoms with van der Waals surface area (Å²) < 4.78 is 0. The molecule has 0 radical (unpaired) electrons. The van der Waals surface area contributed by atoms with Gasteiger partial charge in [0.2, 0.25) is 0 Å². The summed E-state index contributed by atoms with van der Waals surface area (Å²) in [7, 11) is 0. The minimum Gasteiger partial charge on any atom is -0.367 e. The number of rotatable bonds is 2. The fourth-order valence-electron chi connectivity index (χ4n) is 1.64. The summed E-state index contributed by atoms with van der Waals surface area (Å²) in [6.45, 7) is 4.19. The zero-order chi connectivity index (χ0) is 9.80. The van der Waals surface area contributed by atoms with Gasteiger partial charge in [-0.3, -0.25) is 0 Å². The van der Waals surface area contributed by atoms with E-state index in [9.17, 15) is 0 Å². The third kappa shape index (κ3) is 3.14. The molecule has 15 heavy (non-hydrogen) atoms. The average molecular weight is 222 g/mol. The minimum absolute atomic E-state index is 0. The van der Waals surface area contributed by atoms with Crippen molar-refractivity contribution >= 4 is 12.4 Å². The standard InChI is InChI=1S/C13H15N.ClH/c1-12-7-5-6-10-14(12)11-13-8-3-2-4-9-13;/h2-9H,10-11H2,1H3;1H. The Hall–Kier alpha value is -1.21. The van der Waals surface area contributed by atoms with Gasteiger partial charge in [0.1, 0.15) is 0 Å². The zero-order valence-electron chi connectivity index (χ0n) is 8.89. The van der Waals surface area contributed by atoms with Gasteiger partial charge in [0.05, 0.1) is 0 Å². The molecule has 1 aromatic carbocycles. The highest BCUT2D eigenvalue weighted by Gasteiger charge is 2.06. The van der Waals surface area contributed by atoms with Crippen LogP contribution < -0.4 is 0 Å². The van der Waals surface area contributed by atoms with Gasteiger partial charge in [-0.15, -0.1) is 12.4 Å². The molecule has 80 valence electrons. The SMILES string of the molecule is CC1=CC=CCN1Cc1ccccc1.Cl. The molecule has 2 rings (SSSR count). The molecule has 1 aliphatic rings. The van der Waals surface area contributed by atoms with Crippen molar-refractivity contribution in [3.8, 4) is 0 Å². The van der Waals surface area contributed by atoms with Gasteiger partial charge in [0, 0.05) is 18.8 Å². The number of halogens is 1. The maximum Gasteiger partial charge on any atom is 0.0429 e. The highest BCUT2D eigenvalue weighted by Crippen LogP contribution is 2.13. The molecule has 0 spiro atoms. The quantitative estimate of drug-likeness (QED) is 0.740. The third-order valence-electron chi connectivity index (χ3n) is 2.51. The van der Waals surface area contributed by atoms with Crippen LogP contribution in [0.1, 0.15) is 12.5 Å². The molecule has 0 bridgehead atoms. The van der Waals surface area contributed by atoms with Crippen molar-refractivity contribution in [3.05, 3.63) is 59.8 Å². The Bertz CT molecular complexity index is 354. The smallest absolute Gasteiger partial charge is 0.0429 e. The summed E-state index contributed by atoms with van der Waals surface area (Å²) in [4.78, 5) is 2.37. The molecule has 0 aliphatic carbocycles. The van der Waals surface area contributed by atoms with E-state index < -0.39 is 0 Å². The van der Waals surface area contributed by atoms with Crippen LogP contribution in [0.4, 0.5) is 0 Å². The molecule has 0 N–H and O–H groups in total. The van der Waals surface area contributed by atoms with E-state index in [1.807, 2.05) is 0 Å². The minimum atomic E-state index is 0. The summed E-state index contributed by atoms with van der Waals surface area (Å²) in [6.07, 6.45) is 6.47. The summed E-state index contributed by atoms with van der Waals surface area (Å²) in [5.41, 5.74) is 2.71. The summed E-state index contributed by atoms with van der Waals surface area (Å²) in [6, 6.07) is 10.6. The normalized spacial score (nSPS) is 14.5. The zero-order valence-corrected chi connectivity index (χ0v) is 9.70. The molecule has 0 unspecified atom stereocenters. The van der Waals surface area contributed by atoms with Crippen LogP contribution in [0.3, 0.4) is 0 Å². The second kappa shape index (κ2) is 5.62. The number of hydrogen-bond acceptors (Lipinski definition) is 1. The van der Waals surface area contributed by atoms with Crippen molar-refractivity contribution in [2.75, 3.05) is 6.54 Å². The van der Waals surface area contributed by atoms with Gasteiger partial charge in [-0.25, -0.2) is 0 Å². The molecule has 0 aromatic heterocycles. The number of benzene rings is 1. The van der Waals surface area contributed by atoms with Crippen molar-refractivity contribution in [2.24, 2.45) is 0 Å². The van der Waals surface area contributed by atoms with Crippen LogP contribution in [0.5, 0.6) is 0 Å². The van der Waals surface area contributed by atoms with Gasteiger partial charge in [-0.2, -0.15) is 0 Å². The summed E-state index contributed by atoms with van der Waals surface area (Å²) in [5, 5.41) is 0. The van der Waals surface area contributed by atoms with Gasteiger partial charge in [0.15, 0.2) is 0 Å². The second-order valence-corrected chi connectivity index (χ2v) is 3.60. The molecule has 2 heteroatoms. The molecule has 1 aliphatic heterocycles. The first-order chi connectivity index (χ1) is 6.86. The fourth-order valence-corrected chi connectivity index (χ4v) is 1.64. The Morgan fingerprint density at radius 2 is 1.93 bits per heavy atom. The van der Waals surface area contributed by atoms with E-state index in [1.54, 1.807) is 0 Å². The summed E-state index contributed by atoms with van der Waals surface area (Å²) in [5.74, 6) is 0. The van der Waals surface area contributed by atoms with Crippen molar-refractivity contribution in [3.63, 3.8) is 0 Å². The van der Waals surface area contributed by atoms with Crippen LogP contribution >= 0.6 is 12.4 Å². The molecular weight excluding hydrogens is 206 g/mol. The monoisotopic (exact) mass is 221 g/mol. The number of allylic oxidation sites excluding steroid dienone is 3. The molecule has 1 nitrogen and oxygen atoms in total. The maximum absolute atomic E-state index is 2.37. The van der Waals surface area contributed by atoms with Gasteiger partial charge in [-0.1, -0.05) is 42.5 Å². The largest absolute Gasteiger partial charge is 0.367 e. The Morgan fingerprint density at radius 3 is 2.60 bits per heavy atom. The Kier molecular flexibility index (Phi) is 4.44. The lowest BCUT2D eigenvalue weighted by molar-refractivity contribution is 0.370. The Labute approximate surface area is 97.5 Å². The highest BCUT2D eigenvalue weighted by molar-refractivity contribution is 5.85. The van der Waals surface area contributed by atoms with Crippen LogP contribution in [-0.2, 0) is 6.54 Å². The van der Waals surface area contributed by atoms with E-state index in [4.69, 9.17) is 0 Å². The molecule has 1 heterocycles. The van der Waals surface area contributed by atoms with Crippen LogP contribution in [0.15, 0.2) is 54.3 Å². The predicted molar refractivity (Wildman–Crippen MR) is 67.0 cm³/mol. The first kappa shape index (κ1) is 11.9. The third-order valence-corrected chi connectivity index (χ3v) is 2.51. The second-order valence-electron chi connectivity index (χ2n) is 3.60. The lowest BCUT2D eigenvalue weighted by Crippen LogP contribution is -2.22. The van der Waals surface area contributed by atoms with Gasteiger partial charge >= 0.3 is 0 Å². The lowest BCUT2D eigenvalue weighted by Gasteiger charge is -2.26. The topological polar surface area (TPSA) is 3.24 Å². The first-order valence-electron chi connectivity index (χ1n) is 4.98. The first-order valence-corrected chi connectivity index (χ1v) is 4.98. The predicted octanol–water partition coefficient (Wildman–Crippen LogP) is 3.38. The number of hydrogen-bond donors (Lipinski definition) is 0. The van der Waals surface area contributed by atoms with E-state index >= 15 is 0 Å². The lowest BCUT2D eigenvalue weighted by atomic mass is 10.2. The molecular formula is C13H16ClN. The van der Waals surface area contributed by atoms with Crippen molar-refractivity contribution in [1.29, 1.82) is 0 Å². The van der Waals surface area contributed by atoms with Gasteiger partial charge in [-0.05, 0) is 18.6 Å². The van der Waals surface area contributed by atoms with Crippen molar-refractivity contribution in [2.45, 2.75) is 13.5 Å². The maximum atomic E-state index is 2.37.